The van der Waals surface area contributed by atoms with E-state index in [4.69, 9.17) is 14.2 Å². The lowest BCUT2D eigenvalue weighted by Gasteiger charge is -2.19. The first-order chi connectivity index (χ1) is 10.8. The molecule has 0 spiro atoms. The fourth-order valence-electron chi connectivity index (χ4n) is 1.60. The lowest BCUT2D eigenvalue weighted by molar-refractivity contribution is 0.0488. The van der Waals surface area contributed by atoms with Crippen LogP contribution in [-0.4, -0.2) is 43.0 Å². The summed E-state index contributed by atoms with van der Waals surface area (Å²) in [6, 6.07) is 3.72. The third kappa shape index (κ3) is 8.83. The zero-order valence-electron chi connectivity index (χ0n) is 14.3. The fraction of sp³-hybridized carbons (Fsp3) is 0.529. The number of alkyl carbamates (subject to hydrolysis) is 1. The standard InChI is InChI=1S/C17H26N2O4/c1-13(2)14-6-7-18-15(12-14)22-11-10-21-9-8-19-16(20)23-17(3,4)5/h6-7,12H,1,8-11H2,2-5H3,(H,19,20). The van der Waals surface area contributed by atoms with Gasteiger partial charge in [-0.3, -0.25) is 0 Å². The molecule has 1 aromatic heterocycles. The molecule has 0 aromatic carbocycles. The molecule has 23 heavy (non-hydrogen) atoms. The van der Waals surface area contributed by atoms with Crippen molar-refractivity contribution in [2.75, 3.05) is 26.4 Å². The van der Waals surface area contributed by atoms with E-state index >= 15 is 0 Å². The number of carbonyl (C=O) groups excluding carboxylic acids is 1. The van der Waals surface area contributed by atoms with E-state index in [1.807, 2.05) is 39.8 Å². The minimum Gasteiger partial charge on any atom is -0.475 e. The Labute approximate surface area is 137 Å². The minimum atomic E-state index is -0.496. The number of ether oxygens (including phenoxy) is 3. The van der Waals surface area contributed by atoms with Crippen LogP contribution in [0.1, 0.15) is 33.3 Å². The van der Waals surface area contributed by atoms with Gasteiger partial charge in [-0.2, -0.15) is 0 Å². The van der Waals surface area contributed by atoms with Crippen LogP contribution in [-0.2, 0) is 9.47 Å². The average Bonchev–Trinajstić information content (AvgIpc) is 2.44. The van der Waals surface area contributed by atoms with Crippen molar-refractivity contribution in [2.45, 2.75) is 33.3 Å². The van der Waals surface area contributed by atoms with Crippen molar-refractivity contribution in [3.05, 3.63) is 30.5 Å². The van der Waals surface area contributed by atoms with Gasteiger partial charge in [0, 0.05) is 18.8 Å². The molecule has 1 N–H and O–H groups in total. The molecule has 0 atom stereocenters. The summed E-state index contributed by atoms with van der Waals surface area (Å²) in [6.45, 7) is 12.8. The van der Waals surface area contributed by atoms with Crippen LogP contribution >= 0.6 is 0 Å². The van der Waals surface area contributed by atoms with Crippen LogP contribution in [0.3, 0.4) is 0 Å². The lowest BCUT2D eigenvalue weighted by Crippen LogP contribution is -2.34. The lowest BCUT2D eigenvalue weighted by atomic mass is 10.1. The van der Waals surface area contributed by atoms with Gasteiger partial charge in [0.1, 0.15) is 12.2 Å². The Morgan fingerprint density at radius 3 is 2.70 bits per heavy atom. The number of carbonyl (C=O) groups is 1. The zero-order chi connectivity index (χ0) is 17.3. The highest BCUT2D eigenvalue weighted by molar-refractivity contribution is 5.67. The van der Waals surface area contributed by atoms with Gasteiger partial charge in [0.05, 0.1) is 13.2 Å². The van der Waals surface area contributed by atoms with Gasteiger partial charge in [0.15, 0.2) is 0 Å². The molecule has 0 fully saturated rings. The van der Waals surface area contributed by atoms with Crippen LogP contribution in [0.4, 0.5) is 4.79 Å². The van der Waals surface area contributed by atoms with Crippen LogP contribution in [0, 0.1) is 0 Å². The van der Waals surface area contributed by atoms with Crippen LogP contribution in [0.15, 0.2) is 24.9 Å². The molecule has 0 unspecified atom stereocenters. The first kappa shape index (κ1) is 19.0. The average molecular weight is 322 g/mol. The summed E-state index contributed by atoms with van der Waals surface area (Å²) in [7, 11) is 0. The molecule has 6 nitrogen and oxygen atoms in total. The van der Waals surface area contributed by atoms with Crippen molar-refractivity contribution < 1.29 is 19.0 Å². The number of rotatable bonds is 8. The van der Waals surface area contributed by atoms with Crippen LogP contribution < -0.4 is 10.1 Å². The predicted octanol–water partition coefficient (Wildman–Crippen LogP) is 3.03. The molecule has 1 aromatic rings. The Morgan fingerprint density at radius 2 is 2.04 bits per heavy atom. The van der Waals surface area contributed by atoms with E-state index in [-0.39, 0.29) is 0 Å². The van der Waals surface area contributed by atoms with Gasteiger partial charge in [-0.15, -0.1) is 0 Å². The van der Waals surface area contributed by atoms with Crippen LogP contribution in [0.5, 0.6) is 5.88 Å². The molecular formula is C17H26N2O4. The Balaban J connectivity index is 2.11. The minimum absolute atomic E-state index is 0.387. The van der Waals surface area contributed by atoms with Gasteiger partial charge in [0.25, 0.3) is 0 Å². The molecule has 0 radical (unpaired) electrons. The number of amides is 1. The van der Waals surface area contributed by atoms with Crippen molar-refractivity contribution in [3.63, 3.8) is 0 Å². The van der Waals surface area contributed by atoms with Gasteiger partial charge >= 0.3 is 6.09 Å². The maximum Gasteiger partial charge on any atom is 0.407 e. The maximum atomic E-state index is 11.4. The van der Waals surface area contributed by atoms with Gasteiger partial charge in [-0.05, 0) is 39.3 Å². The number of hydrogen-bond acceptors (Lipinski definition) is 5. The Hall–Kier alpha value is -2.08. The topological polar surface area (TPSA) is 69.7 Å². The molecule has 1 amide bonds. The number of allylic oxidation sites excluding steroid dienone is 1. The predicted molar refractivity (Wildman–Crippen MR) is 89.5 cm³/mol. The van der Waals surface area contributed by atoms with Crippen molar-refractivity contribution in [2.24, 2.45) is 0 Å². The molecule has 0 aliphatic heterocycles. The van der Waals surface area contributed by atoms with E-state index in [1.54, 1.807) is 6.20 Å². The van der Waals surface area contributed by atoms with Crippen molar-refractivity contribution in [1.82, 2.24) is 10.3 Å². The smallest absolute Gasteiger partial charge is 0.407 e. The summed E-state index contributed by atoms with van der Waals surface area (Å²) < 4.78 is 16.0. The molecule has 6 heteroatoms. The van der Waals surface area contributed by atoms with E-state index in [9.17, 15) is 4.79 Å². The molecule has 128 valence electrons. The van der Waals surface area contributed by atoms with E-state index < -0.39 is 11.7 Å². The van der Waals surface area contributed by atoms with Crippen molar-refractivity contribution in [3.8, 4) is 5.88 Å². The van der Waals surface area contributed by atoms with Gasteiger partial charge in [0.2, 0.25) is 5.88 Å². The molecule has 1 rings (SSSR count). The van der Waals surface area contributed by atoms with Gasteiger partial charge < -0.3 is 19.5 Å². The van der Waals surface area contributed by atoms with Gasteiger partial charge in [-0.25, -0.2) is 9.78 Å². The third-order valence-corrected chi connectivity index (χ3v) is 2.62. The van der Waals surface area contributed by atoms with Crippen molar-refractivity contribution in [1.29, 1.82) is 0 Å². The molecule has 0 saturated heterocycles. The number of hydrogen-bond donors (Lipinski definition) is 1. The summed E-state index contributed by atoms with van der Waals surface area (Å²) in [4.78, 5) is 15.5. The summed E-state index contributed by atoms with van der Waals surface area (Å²) in [5.74, 6) is 0.543. The summed E-state index contributed by atoms with van der Waals surface area (Å²) in [5, 5.41) is 2.62. The van der Waals surface area contributed by atoms with Crippen LogP contribution in [0.2, 0.25) is 0 Å². The van der Waals surface area contributed by atoms with E-state index in [0.717, 1.165) is 11.1 Å². The molecular weight excluding hydrogens is 296 g/mol. The second-order valence-corrected chi connectivity index (χ2v) is 6.05. The summed E-state index contributed by atoms with van der Waals surface area (Å²) in [5.41, 5.74) is 1.46. The molecule has 0 aliphatic rings. The van der Waals surface area contributed by atoms with Crippen LogP contribution in [0.25, 0.3) is 5.57 Å². The molecule has 0 bridgehead atoms. The number of pyridine rings is 1. The second-order valence-electron chi connectivity index (χ2n) is 6.05. The molecule has 0 aliphatic carbocycles. The normalized spacial score (nSPS) is 11.0. The second kappa shape index (κ2) is 9.15. The first-order valence-electron chi connectivity index (χ1n) is 7.57. The third-order valence-electron chi connectivity index (χ3n) is 2.62. The highest BCUT2D eigenvalue weighted by Gasteiger charge is 2.15. The fourth-order valence-corrected chi connectivity index (χ4v) is 1.60. The first-order valence-corrected chi connectivity index (χ1v) is 7.57. The van der Waals surface area contributed by atoms with Crippen molar-refractivity contribution >= 4 is 11.7 Å². The Bertz CT molecular complexity index is 524. The number of aromatic nitrogens is 1. The van der Waals surface area contributed by atoms with E-state index in [2.05, 4.69) is 16.9 Å². The Kier molecular flexibility index (Phi) is 7.54. The quantitative estimate of drug-likeness (QED) is 0.745. The molecule has 1 heterocycles. The highest BCUT2D eigenvalue weighted by atomic mass is 16.6. The number of nitrogens with zero attached hydrogens (tertiary/aromatic N) is 1. The van der Waals surface area contributed by atoms with E-state index in [0.29, 0.717) is 32.2 Å². The zero-order valence-corrected chi connectivity index (χ0v) is 14.3. The monoisotopic (exact) mass is 322 g/mol. The van der Waals surface area contributed by atoms with E-state index in [1.165, 1.54) is 0 Å². The largest absolute Gasteiger partial charge is 0.475 e. The summed E-state index contributed by atoms with van der Waals surface area (Å²) >= 11 is 0. The summed E-state index contributed by atoms with van der Waals surface area (Å²) in [6.07, 6.45) is 1.24. The van der Waals surface area contributed by atoms with Gasteiger partial charge in [-0.1, -0.05) is 12.2 Å². The highest BCUT2D eigenvalue weighted by Crippen LogP contribution is 2.15. The SMILES string of the molecule is C=C(C)c1ccnc(OCCOCCNC(=O)OC(C)(C)C)c1. The maximum absolute atomic E-state index is 11.4. The Morgan fingerprint density at radius 1 is 1.30 bits per heavy atom. The molecule has 0 saturated carbocycles. The number of nitrogens with one attached hydrogen (secondary N) is 1.